The topological polar surface area (TPSA) is 66.4 Å². The minimum Gasteiger partial charge on any atom is -0.396 e. The van der Waals surface area contributed by atoms with Crippen molar-refractivity contribution in [3.63, 3.8) is 0 Å². The summed E-state index contributed by atoms with van der Waals surface area (Å²) < 4.78 is 53.1. The van der Waals surface area contributed by atoms with E-state index in [1.54, 1.807) is 0 Å². The van der Waals surface area contributed by atoms with Crippen molar-refractivity contribution >= 4 is 10.0 Å². The largest absolute Gasteiger partial charge is 0.396 e. The molecule has 1 saturated carbocycles. The molecule has 0 spiro atoms. The first kappa shape index (κ1) is 16.3. The predicted molar refractivity (Wildman–Crippen MR) is 74.1 cm³/mol. The Hall–Kier alpha value is -1.05. The molecule has 0 radical (unpaired) electrons. The number of aliphatic hydroxyl groups is 1. The van der Waals surface area contributed by atoms with E-state index >= 15 is 0 Å². The summed E-state index contributed by atoms with van der Waals surface area (Å²) in [7, 11) is -4.09. The Bertz CT molecular complexity index is 592. The number of aliphatic hydroxyl groups excluding tert-OH is 1. The monoisotopic (exact) mass is 319 g/mol. The normalized spacial score (nSPS) is 23.2. The number of sulfonamides is 1. The van der Waals surface area contributed by atoms with E-state index in [1.807, 2.05) is 0 Å². The average molecular weight is 319 g/mol. The Labute approximate surface area is 123 Å². The molecule has 2 unspecified atom stereocenters. The van der Waals surface area contributed by atoms with Crippen LogP contribution in [0.15, 0.2) is 23.1 Å². The summed E-state index contributed by atoms with van der Waals surface area (Å²) in [5.74, 6) is -1.71. The fraction of sp³-hybridized carbons (Fsp3) is 0.571. The SMILES string of the molecule is O=S(=O)(NCC1CCCCC1CO)c1cc(F)ccc1F. The van der Waals surface area contributed by atoms with Gasteiger partial charge in [-0.25, -0.2) is 21.9 Å². The van der Waals surface area contributed by atoms with Gasteiger partial charge in [-0.15, -0.1) is 0 Å². The van der Waals surface area contributed by atoms with Crippen LogP contribution in [0, 0.1) is 23.5 Å². The van der Waals surface area contributed by atoms with Gasteiger partial charge in [-0.1, -0.05) is 12.8 Å². The second-order valence-corrected chi connectivity index (χ2v) is 7.15. The minimum absolute atomic E-state index is 0.0146. The summed E-state index contributed by atoms with van der Waals surface area (Å²) in [6.07, 6.45) is 3.68. The van der Waals surface area contributed by atoms with E-state index in [0.717, 1.165) is 37.8 Å². The van der Waals surface area contributed by atoms with Crippen molar-refractivity contribution in [1.82, 2.24) is 4.72 Å². The maximum Gasteiger partial charge on any atom is 0.243 e. The van der Waals surface area contributed by atoms with Crippen molar-refractivity contribution in [2.45, 2.75) is 30.6 Å². The van der Waals surface area contributed by atoms with Crippen LogP contribution in [0.25, 0.3) is 0 Å². The summed E-state index contributed by atoms with van der Waals surface area (Å²) in [5.41, 5.74) is 0. The molecule has 1 aromatic carbocycles. The molecule has 1 aromatic rings. The summed E-state index contributed by atoms with van der Waals surface area (Å²) in [6.45, 7) is 0.143. The van der Waals surface area contributed by atoms with Gasteiger partial charge in [0.1, 0.15) is 16.5 Å². The van der Waals surface area contributed by atoms with Gasteiger partial charge < -0.3 is 5.11 Å². The van der Waals surface area contributed by atoms with E-state index in [4.69, 9.17) is 0 Å². The molecule has 0 bridgehead atoms. The van der Waals surface area contributed by atoms with Gasteiger partial charge in [-0.2, -0.15) is 0 Å². The molecule has 4 nitrogen and oxygen atoms in total. The predicted octanol–water partition coefficient (Wildman–Crippen LogP) is 2.04. The van der Waals surface area contributed by atoms with Gasteiger partial charge in [0.15, 0.2) is 0 Å². The van der Waals surface area contributed by atoms with E-state index in [-0.39, 0.29) is 25.0 Å². The average Bonchev–Trinajstić information content (AvgIpc) is 2.48. The second kappa shape index (κ2) is 6.81. The van der Waals surface area contributed by atoms with E-state index in [1.165, 1.54) is 0 Å². The van der Waals surface area contributed by atoms with Crippen LogP contribution in [0.4, 0.5) is 8.78 Å². The van der Waals surface area contributed by atoms with Gasteiger partial charge in [-0.05, 0) is 42.9 Å². The molecular formula is C14H19F2NO3S. The lowest BCUT2D eigenvalue weighted by molar-refractivity contribution is 0.136. The van der Waals surface area contributed by atoms with Crippen LogP contribution < -0.4 is 4.72 Å². The molecular weight excluding hydrogens is 300 g/mol. The second-order valence-electron chi connectivity index (χ2n) is 5.41. The van der Waals surface area contributed by atoms with E-state index in [0.29, 0.717) is 6.07 Å². The fourth-order valence-corrected chi connectivity index (χ4v) is 3.95. The molecule has 2 N–H and O–H groups in total. The van der Waals surface area contributed by atoms with Gasteiger partial charge in [-0.3, -0.25) is 0 Å². The third-order valence-corrected chi connectivity index (χ3v) is 5.46. The summed E-state index contributed by atoms with van der Waals surface area (Å²) >= 11 is 0. The zero-order valence-corrected chi connectivity index (χ0v) is 12.4. The Morgan fingerprint density at radius 3 is 2.52 bits per heavy atom. The van der Waals surface area contributed by atoms with Gasteiger partial charge in [0.05, 0.1) is 0 Å². The zero-order valence-electron chi connectivity index (χ0n) is 11.6. The lowest BCUT2D eigenvalue weighted by Gasteiger charge is -2.30. The molecule has 0 amide bonds. The lowest BCUT2D eigenvalue weighted by atomic mass is 9.80. The highest BCUT2D eigenvalue weighted by molar-refractivity contribution is 7.89. The Morgan fingerprint density at radius 1 is 1.19 bits per heavy atom. The number of hydrogen-bond acceptors (Lipinski definition) is 3. The third-order valence-electron chi connectivity index (χ3n) is 4.02. The molecule has 0 heterocycles. The summed E-state index contributed by atoms with van der Waals surface area (Å²) in [5, 5.41) is 9.30. The molecule has 21 heavy (non-hydrogen) atoms. The number of halogens is 2. The molecule has 1 aliphatic rings. The third kappa shape index (κ3) is 3.99. The Kier molecular flexibility index (Phi) is 5.29. The van der Waals surface area contributed by atoms with Gasteiger partial charge in [0.2, 0.25) is 10.0 Å². The van der Waals surface area contributed by atoms with Crippen LogP contribution in [0.5, 0.6) is 0 Å². The smallest absolute Gasteiger partial charge is 0.243 e. The zero-order chi connectivity index (χ0) is 15.5. The standard InChI is InChI=1S/C14H19F2NO3S/c15-12-5-6-13(16)14(7-12)21(19,20)17-8-10-3-1-2-4-11(10)9-18/h5-7,10-11,17-18H,1-4,8-9H2. The van der Waals surface area contributed by atoms with Crippen LogP contribution in [-0.2, 0) is 10.0 Å². The van der Waals surface area contributed by atoms with Crippen molar-refractivity contribution in [2.24, 2.45) is 11.8 Å². The van der Waals surface area contributed by atoms with Crippen LogP contribution in [0.1, 0.15) is 25.7 Å². The van der Waals surface area contributed by atoms with Crippen molar-refractivity contribution in [3.05, 3.63) is 29.8 Å². The maximum atomic E-state index is 13.5. The first-order valence-corrected chi connectivity index (χ1v) is 8.48. The maximum absolute atomic E-state index is 13.5. The first-order valence-electron chi connectivity index (χ1n) is 6.99. The van der Waals surface area contributed by atoms with Crippen LogP contribution in [0.2, 0.25) is 0 Å². The van der Waals surface area contributed by atoms with Crippen molar-refractivity contribution in [3.8, 4) is 0 Å². The molecule has 0 aromatic heterocycles. The van der Waals surface area contributed by atoms with Crippen LogP contribution in [-0.4, -0.2) is 26.7 Å². The molecule has 1 aliphatic carbocycles. The highest BCUT2D eigenvalue weighted by Crippen LogP contribution is 2.29. The Balaban J connectivity index is 2.09. The summed E-state index contributed by atoms with van der Waals surface area (Å²) in [6, 6.07) is 2.33. The van der Waals surface area contributed by atoms with Crippen molar-refractivity contribution < 1.29 is 22.3 Å². The number of nitrogens with one attached hydrogen (secondary N) is 1. The number of hydrogen-bond donors (Lipinski definition) is 2. The van der Waals surface area contributed by atoms with Crippen molar-refractivity contribution in [1.29, 1.82) is 0 Å². The highest BCUT2D eigenvalue weighted by Gasteiger charge is 2.27. The van der Waals surface area contributed by atoms with E-state index < -0.39 is 26.6 Å². The minimum atomic E-state index is -4.09. The van der Waals surface area contributed by atoms with E-state index in [2.05, 4.69) is 4.72 Å². The highest BCUT2D eigenvalue weighted by atomic mass is 32.2. The number of rotatable bonds is 5. The molecule has 2 atom stereocenters. The van der Waals surface area contributed by atoms with Gasteiger partial charge >= 0.3 is 0 Å². The van der Waals surface area contributed by atoms with Crippen LogP contribution in [0.3, 0.4) is 0 Å². The Morgan fingerprint density at radius 2 is 1.86 bits per heavy atom. The fourth-order valence-electron chi connectivity index (χ4n) is 2.77. The number of benzene rings is 1. The van der Waals surface area contributed by atoms with Gasteiger partial charge in [0, 0.05) is 13.2 Å². The summed E-state index contributed by atoms with van der Waals surface area (Å²) in [4.78, 5) is -0.682. The van der Waals surface area contributed by atoms with E-state index in [9.17, 15) is 22.3 Å². The lowest BCUT2D eigenvalue weighted by Crippen LogP contribution is -2.35. The quantitative estimate of drug-likeness (QED) is 0.873. The molecule has 0 aliphatic heterocycles. The first-order chi connectivity index (χ1) is 9.94. The molecule has 118 valence electrons. The molecule has 1 fully saturated rings. The van der Waals surface area contributed by atoms with Crippen LogP contribution >= 0.6 is 0 Å². The van der Waals surface area contributed by atoms with Crippen molar-refractivity contribution in [2.75, 3.05) is 13.2 Å². The molecule has 0 saturated heterocycles. The molecule has 7 heteroatoms. The van der Waals surface area contributed by atoms with Gasteiger partial charge in [0.25, 0.3) is 0 Å². The molecule has 2 rings (SSSR count).